The highest BCUT2D eigenvalue weighted by Crippen LogP contribution is 2.22. The van der Waals surface area contributed by atoms with Crippen molar-refractivity contribution in [2.45, 2.75) is 159 Å². The van der Waals surface area contributed by atoms with Gasteiger partial charge in [-0.2, -0.15) is 0 Å². The molecule has 31 heteroatoms. The Kier molecular flexibility index (Phi) is 37.0. The fraction of sp³-hybridized carbons (Fsp3) is 0.538. The predicted octanol–water partition coefficient (Wildman–Crippen LogP) is -0.853. The second-order valence-electron chi connectivity index (χ2n) is 23.9. The first kappa shape index (κ1) is 82.2. The van der Waals surface area contributed by atoms with Gasteiger partial charge in [0.2, 0.25) is 47.3 Å². The topological polar surface area (TPSA) is 510 Å². The Hall–Kier alpha value is -8.00. The van der Waals surface area contributed by atoms with Crippen LogP contribution >= 0.6 is 23.2 Å². The molecule has 0 saturated carbocycles. The van der Waals surface area contributed by atoms with Gasteiger partial charge in [0.05, 0.1) is 34.9 Å². The van der Waals surface area contributed by atoms with Crippen LogP contribution in [0.3, 0.4) is 0 Å². The van der Waals surface area contributed by atoms with E-state index in [1.165, 1.54) is 13.8 Å². The minimum Gasteiger partial charge on any atom is -0.393 e. The first-order valence-corrected chi connectivity index (χ1v) is 32.8. The number of ketones is 3. The summed E-state index contributed by atoms with van der Waals surface area (Å²) >= 11 is 12.0. The molecule has 0 bridgehead atoms. The van der Waals surface area contributed by atoms with Gasteiger partial charge in [-0.05, 0) is 127 Å². The van der Waals surface area contributed by atoms with Gasteiger partial charge in [0.15, 0.2) is 11.6 Å². The van der Waals surface area contributed by atoms with E-state index in [2.05, 4.69) is 47.9 Å². The van der Waals surface area contributed by atoms with Crippen molar-refractivity contribution >= 4 is 99.5 Å². The highest BCUT2D eigenvalue weighted by Gasteiger charge is 2.38. The highest BCUT2D eigenvalue weighted by molar-refractivity contribution is 6.33. The number of amides is 10. The van der Waals surface area contributed by atoms with E-state index >= 15 is 0 Å². The smallest absolute Gasteiger partial charge is 0.316 e. The van der Waals surface area contributed by atoms with Gasteiger partial charge in [-0.15, -0.1) is 0 Å². The second-order valence-corrected chi connectivity index (χ2v) is 24.8. The number of anilines is 1. The number of para-hydroxylation sites is 1. The van der Waals surface area contributed by atoms with Crippen molar-refractivity contribution in [3.05, 3.63) is 100 Å². The number of hydrogen-bond acceptors (Lipinski definition) is 19. The highest BCUT2D eigenvalue weighted by atomic mass is 35.5. The zero-order chi connectivity index (χ0) is 71.6. The van der Waals surface area contributed by atoms with Crippen LogP contribution in [0.4, 0.5) is 10.5 Å². The molecule has 1 saturated heterocycles. The molecule has 1 aliphatic rings. The number of nitrogens with two attached hydrogens (primary N) is 6. The molecule has 530 valence electrons. The molecule has 0 unspecified atom stereocenters. The van der Waals surface area contributed by atoms with Gasteiger partial charge in [-0.1, -0.05) is 97.7 Å². The number of nitrogens with one attached hydrogen (secondary N) is 9. The molecular weight excluding hydrogens is 1290 g/mol. The Bertz CT molecular complexity index is 3070. The fourth-order valence-electron chi connectivity index (χ4n) is 10.4. The number of benzene rings is 3. The molecule has 1 fully saturated rings. The van der Waals surface area contributed by atoms with Crippen LogP contribution in [0.2, 0.25) is 10.0 Å². The van der Waals surface area contributed by atoms with Crippen LogP contribution in [-0.2, 0) is 65.6 Å². The molecule has 1 heterocycles. The SMILES string of the molecule is CC(C)C[C@@H]1NC(=O)[C@@H](Cc2ccccc2)NC(=O)[C@H](CCN)NC(=O)[C@@H](NC(=O)[C@H](CCN)CC(=O)[C@@H](NC(=O)[C@H](CCN)CC(=O)Cc2ccccc2Cl)[C@@H](C)O)CCNC(=O)[C@H]([C@@H](C)O)CC(=O)[C@H](CCN)NC(=O)[C@H](CCN)NC1=O.NC(=O)Nc1ccccc1Cl. The van der Waals surface area contributed by atoms with Crippen LogP contribution in [0.1, 0.15) is 103 Å². The molecule has 3 aromatic rings. The van der Waals surface area contributed by atoms with E-state index in [9.17, 15) is 67.7 Å². The van der Waals surface area contributed by atoms with Gasteiger partial charge >= 0.3 is 6.03 Å². The zero-order valence-corrected chi connectivity index (χ0v) is 56.3. The van der Waals surface area contributed by atoms with Gasteiger partial charge in [-0.25, -0.2) is 4.79 Å². The number of hydrogen-bond donors (Lipinski definition) is 17. The molecule has 23 N–H and O–H groups in total. The van der Waals surface area contributed by atoms with Crippen molar-refractivity contribution in [3.63, 3.8) is 0 Å². The lowest BCUT2D eigenvalue weighted by molar-refractivity contribution is -0.137. The third-order valence-corrected chi connectivity index (χ3v) is 16.3. The Labute approximate surface area is 569 Å². The third-order valence-electron chi connectivity index (χ3n) is 15.6. The van der Waals surface area contributed by atoms with Gasteiger partial charge in [0, 0.05) is 55.5 Å². The maximum atomic E-state index is 14.6. The number of carbonyl (C=O) groups excluding carboxylic acids is 12. The van der Waals surface area contributed by atoms with E-state index in [1.807, 2.05) is 0 Å². The molecule has 0 aromatic heterocycles. The quantitative estimate of drug-likeness (QED) is 0.0421. The lowest BCUT2D eigenvalue weighted by Crippen LogP contribution is -2.60. The summed E-state index contributed by atoms with van der Waals surface area (Å²) in [5.74, 6) is -12.7. The van der Waals surface area contributed by atoms with Gasteiger partial charge < -0.3 is 92.5 Å². The van der Waals surface area contributed by atoms with Crippen molar-refractivity contribution in [1.29, 1.82) is 0 Å². The van der Waals surface area contributed by atoms with Crippen LogP contribution < -0.4 is 82.3 Å². The molecular formula is C65H97Cl2N15O14. The van der Waals surface area contributed by atoms with Crippen molar-refractivity contribution in [3.8, 4) is 0 Å². The molecule has 29 nitrogen and oxygen atoms in total. The van der Waals surface area contributed by atoms with Crippen molar-refractivity contribution in [1.82, 2.24) is 42.5 Å². The molecule has 12 atom stereocenters. The molecule has 0 radical (unpaired) electrons. The Morgan fingerprint density at radius 1 is 0.583 bits per heavy atom. The van der Waals surface area contributed by atoms with E-state index < -0.39 is 163 Å². The molecule has 0 aliphatic carbocycles. The van der Waals surface area contributed by atoms with Crippen molar-refractivity contribution in [2.24, 2.45) is 58.1 Å². The summed E-state index contributed by atoms with van der Waals surface area (Å²) in [4.78, 5) is 165. The number of Topliss-reactive ketones (excluding diaryl/α,β-unsaturated/α-hetero) is 3. The largest absolute Gasteiger partial charge is 0.393 e. The number of carbonyl (C=O) groups is 12. The van der Waals surface area contributed by atoms with Crippen LogP contribution in [0, 0.1) is 23.7 Å². The summed E-state index contributed by atoms with van der Waals surface area (Å²) in [6.45, 7) is 5.13. The molecule has 1 aliphatic heterocycles. The summed E-state index contributed by atoms with van der Waals surface area (Å²) in [7, 11) is 0. The maximum Gasteiger partial charge on any atom is 0.316 e. The average Bonchev–Trinajstić information content (AvgIpc) is 0.949. The predicted molar refractivity (Wildman–Crippen MR) is 362 cm³/mol. The van der Waals surface area contributed by atoms with Crippen LogP contribution in [-0.4, -0.2) is 175 Å². The van der Waals surface area contributed by atoms with E-state index in [0.29, 0.717) is 26.9 Å². The van der Waals surface area contributed by atoms with E-state index in [1.54, 1.807) is 92.7 Å². The Morgan fingerprint density at radius 2 is 1.08 bits per heavy atom. The molecule has 0 spiro atoms. The van der Waals surface area contributed by atoms with Crippen LogP contribution in [0.15, 0.2) is 78.9 Å². The molecule has 10 amide bonds. The summed E-state index contributed by atoms with van der Waals surface area (Å²) in [5, 5.41) is 45.9. The second kappa shape index (κ2) is 43.2. The van der Waals surface area contributed by atoms with Crippen LogP contribution in [0.25, 0.3) is 0 Å². The fourth-order valence-corrected chi connectivity index (χ4v) is 10.8. The first-order chi connectivity index (χ1) is 45.6. The lowest BCUT2D eigenvalue weighted by Gasteiger charge is -2.28. The Balaban J connectivity index is 0.00000197. The number of rotatable bonds is 28. The lowest BCUT2D eigenvalue weighted by atomic mass is 9.91. The van der Waals surface area contributed by atoms with Crippen molar-refractivity contribution in [2.75, 3.05) is 44.6 Å². The summed E-state index contributed by atoms with van der Waals surface area (Å²) in [6, 6.07) is 11.5. The minimum absolute atomic E-state index is 0.000341. The summed E-state index contributed by atoms with van der Waals surface area (Å²) < 4.78 is 0. The standard InChI is InChI=1S/C58H90ClN13O13.C7H7ClN2O/c1-32(2)26-46-57(84)69-43(17-23-63)54(81)66-42(16-22-62)48(76)31-40(33(3)73)53(80)65-25-19-45(56(83)68-44(18-24-64)55(82)71-47(58(85)70-46)27-35-10-6-5-7-11-35)67-51(78)38(15-21-61)30-49(77)50(34(4)74)72-52(79)37(14-20-60)29-39(75)28-36-12-8-9-13-41(36)59;8-5-3-1-2-4-6(5)10-7(9)11/h5-13,32-34,37-38,40,42-47,50,73-74H,14-31,60-64H2,1-4H3,(H,65,80)(H,66,81)(H,67,78)(H,68,83)(H,69,84)(H,70,85)(H,71,82)(H,72,79);1-4H,(H3,9,10,11)/t33-,34-,37-,38-,40+,42+,43+,44+,45+,46+,47-,50+;/m1./s1. The minimum atomic E-state index is -1.62. The molecule has 3 aromatic carbocycles. The normalized spacial score (nSPS) is 21.1. The molecule has 96 heavy (non-hydrogen) atoms. The number of primary amides is 1. The monoisotopic (exact) mass is 1380 g/mol. The average molecular weight is 1380 g/mol. The zero-order valence-electron chi connectivity index (χ0n) is 54.8. The number of urea groups is 1. The Morgan fingerprint density at radius 3 is 1.62 bits per heavy atom. The first-order valence-electron chi connectivity index (χ1n) is 32.0. The van der Waals surface area contributed by atoms with E-state index in [0.717, 1.165) is 0 Å². The number of aliphatic hydroxyl groups is 2. The van der Waals surface area contributed by atoms with Gasteiger partial charge in [0.1, 0.15) is 42.0 Å². The van der Waals surface area contributed by atoms with Gasteiger partial charge in [0.25, 0.3) is 0 Å². The molecule has 4 rings (SSSR count). The third kappa shape index (κ3) is 28.8. The van der Waals surface area contributed by atoms with E-state index in [4.69, 9.17) is 57.6 Å². The number of halogens is 2. The maximum absolute atomic E-state index is 14.6. The van der Waals surface area contributed by atoms with Gasteiger partial charge in [-0.3, -0.25) is 52.7 Å². The number of aliphatic hydroxyl groups excluding tert-OH is 2. The summed E-state index contributed by atoms with van der Waals surface area (Å²) in [6.07, 6.45) is -5.60. The summed E-state index contributed by atoms with van der Waals surface area (Å²) in [5.41, 5.74) is 36.0. The van der Waals surface area contributed by atoms with E-state index in [-0.39, 0.29) is 102 Å². The van der Waals surface area contributed by atoms with Crippen molar-refractivity contribution < 1.29 is 67.7 Å². The van der Waals surface area contributed by atoms with Crippen LogP contribution in [0.5, 0.6) is 0 Å².